The summed E-state index contributed by atoms with van der Waals surface area (Å²) in [5.41, 5.74) is 7.18. The van der Waals surface area contributed by atoms with Gasteiger partial charge in [-0.25, -0.2) is 4.79 Å². The Kier molecular flexibility index (Phi) is 12.1. The van der Waals surface area contributed by atoms with Crippen LogP contribution >= 0.6 is 0 Å². The molecule has 4 unspecified atom stereocenters. The zero-order valence-electron chi connectivity index (χ0n) is 22.4. The first-order valence-electron chi connectivity index (χ1n) is 12.8. The molecule has 2 aromatic rings. The molecule has 2 rings (SSSR count). The third-order valence-corrected chi connectivity index (χ3v) is 6.21. The number of nitrogens with two attached hydrogens (primary N) is 1. The smallest absolute Gasteiger partial charge is 0.326 e. The lowest BCUT2D eigenvalue weighted by molar-refractivity contribution is -0.143. The number of carbonyl (C=O) groups excluding carboxylic acids is 3. The molecule has 0 fully saturated rings. The molecule has 0 radical (unpaired) electrons. The van der Waals surface area contributed by atoms with Crippen molar-refractivity contribution >= 4 is 29.7 Å². The maximum atomic E-state index is 13.3. The number of carbonyl (C=O) groups is 5. The van der Waals surface area contributed by atoms with Crippen molar-refractivity contribution in [2.45, 2.75) is 63.7 Å². The summed E-state index contributed by atoms with van der Waals surface area (Å²) in [5, 5.41) is 35.7. The lowest BCUT2D eigenvalue weighted by Gasteiger charge is -2.26. The van der Waals surface area contributed by atoms with E-state index in [4.69, 9.17) is 5.73 Å². The fourth-order valence-electron chi connectivity index (χ4n) is 3.78. The quantitative estimate of drug-likeness (QED) is 0.163. The number of phenolic OH excluding ortho intramolecular Hbond substituents is 1. The Morgan fingerprint density at radius 2 is 1.23 bits per heavy atom. The molecule has 2 aromatic carbocycles. The minimum absolute atomic E-state index is 0.0115. The van der Waals surface area contributed by atoms with Gasteiger partial charge >= 0.3 is 11.9 Å². The van der Waals surface area contributed by atoms with E-state index in [-0.39, 0.29) is 30.9 Å². The summed E-state index contributed by atoms with van der Waals surface area (Å²) in [6.07, 6.45) is -0.867. The summed E-state index contributed by atoms with van der Waals surface area (Å²) in [4.78, 5) is 62.3. The van der Waals surface area contributed by atoms with Gasteiger partial charge in [-0.1, -0.05) is 56.3 Å². The van der Waals surface area contributed by atoms with Crippen LogP contribution in [-0.4, -0.2) is 69.1 Å². The van der Waals surface area contributed by atoms with Gasteiger partial charge in [-0.2, -0.15) is 0 Å². The molecule has 12 nitrogen and oxygen atoms in total. The van der Waals surface area contributed by atoms with Crippen molar-refractivity contribution in [2.75, 3.05) is 0 Å². The van der Waals surface area contributed by atoms with Gasteiger partial charge in [0, 0.05) is 19.3 Å². The average Bonchev–Trinajstić information content (AvgIpc) is 2.90. The van der Waals surface area contributed by atoms with E-state index in [2.05, 4.69) is 16.0 Å². The second-order valence-electron chi connectivity index (χ2n) is 9.78. The van der Waals surface area contributed by atoms with Gasteiger partial charge < -0.3 is 37.0 Å². The van der Waals surface area contributed by atoms with Crippen molar-refractivity contribution in [3.05, 3.63) is 65.7 Å². The Bertz CT molecular complexity index is 1170. The van der Waals surface area contributed by atoms with E-state index >= 15 is 0 Å². The van der Waals surface area contributed by atoms with Gasteiger partial charge in [-0.3, -0.25) is 19.2 Å². The monoisotopic (exact) mass is 556 g/mol. The van der Waals surface area contributed by atoms with Crippen LogP contribution in [0.15, 0.2) is 54.6 Å². The third kappa shape index (κ3) is 10.4. The molecule has 0 heterocycles. The van der Waals surface area contributed by atoms with Crippen LogP contribution in [0.4, 0.5) is 0 Å². The molecule has 0 spiro atoms. The fourth-order valence-corrected chi connectivity index (χ4v) is 3.78. The van der Waals surface area contributed by atoms with Gasteiger partial charge in [0.25, 0.3) is 0 Å². The minimum atomic E-state index is -1.40. The molecule has 12 heteroatoms. The Hall–Kier alpha value is -4.45. The zero-order valence-corrected chi connectivity index (χ0v) is 22.4. The molecule has 0 bridgehead atoms. The van der Waals surface area contributed by atoms with Crippen molar-refractivity contribution in [2.24, 2.45) is 11.7 Å². The van der Waals surface area contributed by atoms with E-state index in [0.29, 0.717) is 11.1 Å². The average molecular weight is 557 g/mol. The normalized spacial score (nSPS) is 13.9. The summed E-state index contributed by atoms with van der Waals surface area (Å²) in [6.45, 7) is 3.50. The summed E-state index contributed by atoms with van der Waals surface area (Å²) >= 11 is 0. The molecular formula is C28H36N4O8. The molecule has 40 heavy (non-hydrogen) atoms. The zero-order chi connectivity index (χ0) is 29.8. The molecule has 0 saturated heterocycles. The standard InChI is InChI=1S/C28H36N4O8/c1-16(2)24(29)27(38)31-21(14-17-6-4-3-5-7-17)26(37)30-20(12-13-23(34)35)25(36)32-22(28(39)40)15-18-8-10-19(33)11-9-18/h3-11,16,20-22,24,33H,12-15,29H2,1-2H3,(H,30,37)(H,31,38)(H,32,36)(H,34,35)(H,39,40). The van der Waals surface area contributed by atoms with Crippen molar-refractivity contribution in [1.82, 2.24) is 16.0 Å². The lowest BCUT2D eigenvalue weighted by atomic mass is 10.0. The number of phenols is 1. The largest absolute Gasteiger partial charge is 0.508 e. The molecular weight excluding hydrogens is 520 g/mol. The number of hydrogen-bond donors (Lipinski definition) is 7. The maximum Gasteiger partial charge on any atom is 0.326 e. The van der Waals surface area contributed by atoms with Crippen molar-refractivity contribution in [1.29, 1.82) is 0 Å². The SMILES string of the molecule is CC(C)C(N)C(=O)NC(Cc1ccccc1)C(=O)NC(CCC(=O)O)C(=O)NC(Cc1ccc(O)cc1)C(=O)O. The van der Waals surface area contributed by atoms with Gasteiger partial charge in [-0.15, -0.1) is 0 Å². The molecule has 4 atom stereocenters. The van der Waals surface area contributed by atoms with E-state index in [1.807, 2.05) is 0 Å². The highest BCUT2D eigenvalue weighted by atomic mass is 16.4. The second-order valence-corrected chi connectivity index (χ2v) is 9.78. The lowest BCUT2D eigenvalue weighted by Crippen LogP contribution is -2.58. The number of rotatable bonds is 15. The summed E-state index contributed by atoms with van der Waals surface area (Å²) < 4.78 is 0. The number of carboxylic acids is 2. The Morgan fingerprint density at radius 3 is 1.77 bits per heavy atom. The van der Waals surface area contributed by atoms with Crippen LogP contribution < -0.4 is 21.7 Å². The molecule has 0 aliphatic carbocycles. The van der Waals surface area contributed by atoms with Crippen LogP contribution in [0.25, 0.3) is 0 Å². The third-order valence-electron chi connectivity index (χ3n) is 6.21. The molecule has 0 aromatic heterocycles. The topological polar surface area (TPSA) is 208 Å². The van der Waals surface area contributed by atoms with Crippen LogP contribution in [0.3, 0.4) is 0 Å². The number of aromatic hydroxyl groups is 1. The van der Waals surface area contributed by atoms with Crippen molar-refractivity contribution in [3.63, 3.8) is 0 Å². The fraction of sp³-hybridized carbons (Fsp3) is 0.393. The van der Waals surface area contributed by atoms with E-state index in [1.54, 1.807) is 44.2 Å². The minimum Gasteiger partial charge on any atom is -0.508 e. The molecule has 0 saturated carbocycles. The number of carboxylic acid groups (broad SMARTS) is 2. The molecule has 0 aliphatic heterocycles. The number of benzene rings is 2. The van der Waals surface area contributed by atoms with Gasteiger partial charge in [-0.05, 0) is 35.6 Å². The Labute approximate surface area is 232 Å². The Balaban J connectivity index is 2.24. The first-order chi connectivity index (χ1) is 18.9. The molecule has 8 N–H and O–H groups in total. The van der Waals surface area contributed by atoms with E-state index in [9.17, 15) is 39.3 Å². The van der Waals surface area contributed by atoms with Crippen LogP contribution in [0.5, 0.6) is 5.75 Å². The summed E-state index contributed by atoms with van der Waals surface area (Å²) in [5.74, 6) is -5.02. The van der Waals surface area contributed by atoms with Crippen LogP contribution in [0.2, 0.25) is 0 Å². The second kappa shape index (κ2) is 15.2. The maximum absolute atomic E-state index is 13.3. The highest BCUT2D eigenvalue weighted by Crippen LogP contribution is 2.12. The highest BCUT2D eigenvalue weighted by Gasteiger charge is 2.31. The molecule has 3 amide bonds. The van der Waals surface area contributed by atoms with Gasteiger partial charge in [0.05, 0.1) is 6.04 Å². The number of aliphatic carboxylic acids is 2. The Morgan fingerprint density at radius 1 is 0.725 bits per heavy atom. The van der Waals surface area contributed by atoms with Crippen LogP contribution in [0.1, 0.15) is 37.8 Å². The van der Waals surface area contributed by atoms with E-state index < -0.39 is 60.2 Å². The number of amides is 3. The van der Waals surface area contributed by atoms with Gasteiger partial charge in [0.1, 0.15) is 23.9 Å². The van der Waals surface area contributed by atoms with Crippen LogP contribution in [0, 0.1) is 5.92 Å². The summed E-state index contributed by atoms with van der Waals surface area (Å²) in [7, 11) is 0. The number of nitrogens with one attached hydrogen (secondary N) is 3. The van der Waals surface area contributed by atoms with Gasteiger partial charge in [0.2, 0.25) is 17.7 Å². The van der Waals surface area contributed by atoms with Crippen LogP contribution in [-0.2, 0) is 36.8 Å². The highest BCUT2D eigenvalue weighted by molar-refractivity contribution is 5.94. The first-order valence-corrected chi connectivity index (χ1v) is 12.8. The number of hydrogen-bond acceptors (Lipinski definition) is 7. The molecule has 0 aliphatic rings. The predicted molar refractivity (Wildman–Crippen MR) is 145 cm³/mol. The van der Waals surface area contributed by atoms with E-state index in [0.717, 1.165) is 0 Å². The predicted octanol–water partition coefficient (Wildman–Crippen LogP) is 0.565. The van der Waals surface area contributed by atoms with Gasteiger partial charge in [0.15, 0.2) is 0 Å². The van der Waals surface area contributed by atoms with E-state index in [1.165, 1.54) is 24.3 Å². The first kappa shape index (κ1) is 31.8. The van der Waals surface area contributed by atoms with Crippen molar-refractivity contribution < 1.29 is 39.3 Å². The summed E-state index contributed by atoms with van der Waals surface area (Å²) in [6, 6.07) is 9.72. The molecule has 216 valence electrons. The van der Waals surface area contributed by atoms with Crippen molar-refractivity contribution in [3.8, 4) is 5.75 Å².